The minimum Gasteiger partial charge on any atom is -0.423 e. The molecule has 48 valence electrons. The van der Waals surface area contributed by atoms with Gasteiger partial charge >= 0.3 is 5.43 Å². The molecule has 0 aromatic rings. The van der Waals surface area contributed by atoms with Gasteiger partial charge in [-0.3, -0.25) is 0 Å². The van der Waals surface area contributed by atoms with E-state index in [0.717, 1.165) is 6.26 Å². The lowest BCUT2D eigenvalue weighted by atomic mass is 11.1. The number of nitrogens with two attached hydrogens (primary N) is 1. The second-order valence-corrected chi connectivity index (χ2v) is 0.831. The number of carbonyl (C=O) groups excluding carboxylic acids is 1. The van der Waals surface area contributed by atoms with Crippen LogP contribution >= 0.6 is 11.6 Å². The minimum atomic E-state index is -0.856. The summed E-state index contributed by atoms with van der Waals surface area (Å²) < 4.78 is 3.93. The highest BCUT2D eigenvalue weighted by molar-refractivity contribution is 6.61. The Morgan fingerprint density at radius 3 is 2.25 bits per heavy atom. The molecular formula is C3H6ClNO3. The van der Waals surface area contributed by atoms with Gasteiger partial charge in [-0.05, 0) is 0 Å². The Labute approximate surface area is 51.5 Å². The van der Waals surface area contributed by atoms with Crippen molar-refractivity contribution >= 4 is 17.0 Å². The maximum atomic E-state index is 9.52. The van der Waals surface area contributed by atoms with Crippen molar-refractivity contribution in [1.82, 2.24) is 0 Å². The van der Waals surface area contributed by atoms with Gasteiger partial charge in [-0.25, -0.2) is 10.7 Å². The quantitative estimate of drug-likeness (QED) is 0.321. The van der Waals surface area contributed by atoms with Gasteiger partial charge in [-0.1, -0.05) is 6.58 Å². The van der Waals surface area contributed by atoms with Crippen LogP contribution in [0, 0.1) is 0 Å². The van der Waals surface area contributed by atoms with Crippen molar-refractivity contribution in [3.63, 3.8) is 0 Å². The average Bonchev–Trinajstić information content (AvgIpc) is 1.72. The van der Waals surface area contributed by atoms with E-state index < -0.39 is 5.43 Å². The van der Waals surface area contributed by atoms with E-state index >= 15 is 0 Å². The Balaban J connectivity index is 0. The first-order chi connectivity index (χ1) is 3.77. The van der Waals surface area contributed by atoms with Gasteiger partial charge in [-0.15, -0.1) is 0 Å². The highest BCUT2D eigenvalue weighted by Gasteiger charge is 1.83. The first-order valence-electron chi connectivity index (χ1n) is 1.50. The number of rotatable bonds is 1. The van der Waals surface area contributed by atoms with E-state index in [4.69, 9.17) is 5.21 Å². The average molecular weight is 140 g/mol. The SMILES string of the molecule is C=COC(=O)Cl.NO. The molecule has 4 nitrogen and oxygen atoms in total. The van der Waals surface area contributed by atoms with Crippen LogP contribution in [0.15, 0.2) is 12.8 Å². The lowest BCUT2D eigenvalue weighted by molar-refractivity contribution is 0.212. The zero-order valence-corrected chi connectivity index (χ0v) is 4.76. The molecule has 3 N–H and O–H groups in total. The molecule has 0 saturated heterocycles. The summed E-state index contributed by atoms with van der Waals surface area (Å²) in [5, 5.41) is 6.50. The standard InChI is InChI=1S/C3H3ClO2.H3NO/c1-2-6-3(4)5;1-2/h2H,1H2;2H,1H2. The molecule has 0 unspecified atom stereocenters. The van der Waals surface area contributed by atoms with Crippen LogP contribution in [-0.2, 0) is 4.74 Å². The number of hydrogen-bond acceptors (Lipinski definition) is 4. The summed E-state index contributed by atoms with van der Waals surface area (Å²) in [6.07, 6.45) is 0.968. The van der Waals surface area contributed by atoms with Gasteiger partial charge < -0.3 is 9.94 Å². The monoisotopic (exact) mass is 139 g/mol. The fraction of sp³-hybridized carbons (Fsp3) is 0. The van der Waals surface area contributed by atoms with Crippen LogP contribution in [0.25, 0.3) is 0 Å². The third-order valence-corrected chi connectivity index (χ3v) is 0.265. The molecule has 0 bridgehead atoms. The normalized spacial score (nSPS) is 5.88. The molecular weight excluding hydrogens is 133 g/mol. The van der Waals surface area contributed by atoms with E-state index in [1.807, 2.05) is 0 Å². The Morgan fingerprint density at radius 2 is 2.25 bits per heavy atom. The third-order valence-electron chi connectivity index (χ3n) is 0.176. The van der Waals surface area contributed by atoms with Crippen molar-refractivity contribution in [1.29, 1.82) is 0 Å². The second-order valence-electron chi connectivity index (χ2n) is 0.522. The summed E-state index contributed by atoms with van der Waals surface area (Å²) in [4.78, 5) is 9.52. The van der Waals surface area contributed by atoms with Crippen LogP contribution in [0.4, 0.5) is 4.79 Å². The van der Waals surface area contributed by atoms with Gasteiger partial charge in [0, 0.05) is 11.6 Å². The molecule has 0 heterocycles. The number of halogens is 1. The van der Waals surface area contributed by atoms with E-state index in [-0.39, 0.29) is 0 Å². The number of ether oxygens (including phenoxy) is 1. The molecule has 0 radical (unpaired) electrons. The number of hydrogen-bond donors (Lipinski definition) is 2. The molecule has 5 heteroatoms. The molecule has 0 aromatic heterocycles. The summed E-state index contributed by atoms with van der Waals surface area (Å²) in [6.45, 7) is 3.07. The summed E-state index contributed by atoms with van der Waals surface area (Å²) in [5.41, 5.74) is -0.856. The largest absolute Gasteiger partial charge is 0.423 e. The van der Waals surface area contributed by atoms with E-state index in [2.05, 4.69) is 28.8 Å². The van der Waals surface area contributed by atoms with Crippen molar-refractivity contribution in [2.75, 3.05) is 0 Å². The maximum absolute atomic E-state index is 9.52. The molecule has 0 aliphatic rings. The van der Waals surface area contributed by atoms with Crippen LogP contribution < -0.4 is 5.90 Å². The Bertz CT molecular complexity index is 74.9. The molecule has 0 aliphatic carbocycles. The van der Waals surface area contributed by atoms with Gasteiger partial charge in [0.2, 0.25) is 0 Å². The highest BCUT2D eigenvalue weighted by atomic mass is 35.5. The molecule has 0 amide bonds. The lowest BCUT2D eigenvalue weighted by Crippen LogP contribution is -1.79. The van der Waals surface area contributed by atoms with Crippen LogP contribution in [0.1, 0.15) is 0 Å². The van der Waals surface area contributed by atoms with Crippen molar-refractivity contribution in [3.05, 3.63) is 12.8 Å². The van der Waals surface area contributed by atoms with Gasteiger partial charge in [-0.2, -0.15) is 0 Å². The van der Waals surface area contributed by atoms with Gasteiger partial charge in [0.25, 0.3) is 0 Å². The predicted molar refractivity (Wildman–Crippen MR) is 28.5 cm³/mol. The zero-order chi connectivity index (χ0) is 6.99. The van der Waals surface area contributed by atoms with Crippen molar-refractivity contribution < 1.29 is 14.7 Å². The summed E-state index contributed by atoms with van der Waals surface area (Å²) >= 11 is 4.65. The second kappa shape index (κ2) is 9.65. The first-order valence-corrected chi connectivity index (χ1v) is 1.88. The molecule has 0 spiro atoms. The predicted octanol–water partition coefficient (Wildman–Crippen LogP) is 0.840. The third kappa shape index (κ3) is 18.1. The Morgan fingerprint density at radius 1 is 1.88 bits per heavy atom. The molecule has 0 fully saturated rings. The zero-order valence-electron chi connectivity index (χ0n) is 4.00. The molecule has 0 atom stereocenters. The van der Waals surface area contributed by atoms with E-state index in [0.29, 0.717) is 0 Å². The Hall–Kier alpha value is -0.580. The van der Waals surface area contributed by atoms with E-state index in [9.17, 15) is 4.79 Å². The minimum absolute atomic E-state index is 0.856. The molecule has 0 aromatic carbocycles. The highest BCUT2D eigenvalue weighted by Crippen LogP contribution is 1.83. The fourth-order valence-corrected chi connectivity index (χ4v) is 0.129. The van der Waals surface area contributed by atoms with Crippen LogP contribution in [-0.4, -0.2) is 10.6 Å². The molecule has 0 aliphatic heterocycles. The summed E-state index contributed by atoms with van der Waals surface area (Å²) in [7, 11) is 0. The lowest BCUT2D eigenvalue weighted by Gasteiger charge is -1.80. The van der Waals surface area contributed by atoms with Crippen molar-refractivity contribution in [2.24, 2.45) is 5.90 Å². The van der Waals surface area contributed by atoms with Crippen LogP contribution in [0.2, 0.25) is 0 Å². The maximum Gasteiger partial charge on any atom is 0.408 e. The molecule has 0 rings (SSSR count). The van der Waals surface area contributed by atoms with Crippen molar-refractivity contribution in [3.8, 4) is 0 Å². The van der Waals surface area contributed by atoms with Gasteiger partial charge in [0.1, 0.15) is 0 Å². The summed E-state index contributed by atoms with van der Waals surface area (Å²) in [6, 6.07) is 0. The van der Waals surface area contributed by atoms with E-state index in [1.54, 1.807) is 0 Å². The van der Waals surface area contributed by atoms with Crippen LogP contribution in [0.3, 0.4) is 0 Å². The van der Waals surface area contributed by atoms with Gasteiger partial charge in [0.05, 0.1) is 6.26 Å². The number of carbonyl (C=O) groups is 1. The summed E-state index contributed by atoms with van der Waals surface area (Å²) in [5.74, 6) is 3.50. The van der Waals surface area contributed by atoms with E-state index in [1.165, 1.54) is 0 Å². The fourth-order valence-electron chi connectivity index (χ4n) is 0.0655. The topological polar surface area (TPSA) is 72.5 Å². The first kappa shape index (κ1) is 10.4. The van der Waals surface area contributed by atoms with Gasteiger partial charge in [0.15, 0.2) is 0 Å². The van der Waals surface area contributed by atoms with Crippen molar-refractivity contribution in [2.45, 2.75) is 0 Å². The Kier molecular flexibility index (Phi) is 12.6. The molecule has 0 saturated carbocycles. The smallest absolute Gasteiger partial charge is 0.408 e. The van der Waals surface area contributed by atoms with Crippen LogP contribution in [0.5, 0.6) is 0 Å². The molecule has 8 heavy (non-hydrogen) atoms.